The first-order chi connectivity index (χ1) is 13.8. The van der Waals surface area contributed by atoms with Crippen molar-refractivity contribution in [3.63, 3.8) is 0 Å². The number of benzene rings is 1. The molecule has 0 aliphatic heterocycles. The van der Waals surface area contributed by atoms with E-state index in [9.17, 15) is 4.79 Å². The lowest BCUT2D eigenvalue weighted by Gasteiger charge is -2.24. The van der Waals surface area contributed by atoms with Crippen LogP contribution in [0.2, 0.25) is 0 Å². The maximum atomic E-state index is 12.7. The van der Waals surface area contributed by atoms with Crippen molar-refractivity contribution in [2.45, 2.75) is 31.8 Å². The monoisotopic (exact) mass is 372 g/mol. The highest BCUT2D eigenvalue weighted by atomic mass is 16.2. The molecule has 1 aliphatic rings. The Morgan fingerprint density at radius 2 is 2.11 bits per heavy atom. The van der Waals surface area contributed by atoms with Gasteiger partial charge in [-0.05, 0) is 30.9 Å². The zero-order valence-electron chi connectivity index (χ0n) is 15.3. The van der Waals surface area contributed by atoms with Gasteiger partial charge < -0.3 is 5.32 Å². The van der Waals surface area contributed by atoms with E-state index in [2.05, 4.69) is 37.2 Å². The van der Waals surface area contributed by atoms with Crippen molar-refractivity contribution in [1.82, 2.24) is 29.5 Å². The SMILES string of the molecule is O=C(NC1CCCc2c1cnn2Cc1ccccc1)c1cn2cccnc2n1. The quantitative estimate of drug-likeness (QED) is 0.598. The first-order valence-electron chi connectivity index (χ1n) is 9.47. The molecule has 1 atom stereocenters. The molecule has 0 saturated carbocycles. The molecule has 3 heterocycles. The summed E-state index contributed by atoms with van der Waals surface area (Å²) in [5, 5.41) is 7.73. The summed E-state index contributed by atoms with van der Waals surface area (Å²) in [6.07, 6.45) is 10.0. The fourth-order valence-electron chi connectivity index (χ4n) is 3.83. The summed E-state index contributed by atoms with van der Waals surface area (Å²) in [7, 11) is 0. The fourth-order valence-corrected chi connectivity index (χ4v) is 3.83. The molecule has 5 rings (SSSR count). The lowest BCUT2D eigenvalue weighted by Crippen LogP contribution is -2.31. The van der Waals surface area contributed by atoms with E-state index in [0.29, 0.717) is 11.5 Å². The maximum Gasteiger partial charge on any atom is 0.272 e. The molecule has 7 nitrogen and oxygen atoms in total. The number of nitrogens with zero attached hydrogens (tertiary/aromatic N) is 5. The van der Waals surface area contributed by atoms with Crippen LogP contribution in [-0.4, -0.2) is 30.1 Å². The molecule has 0 radical (unpaired) electrons. The highest BCUT2D eigenvalue weighted by Crippen LogP contribution is 2.30. The summed E-state index contributed by atoms with van der Waals surface area (Å²) in [4.78, 5) is 21.2. The predicted octanol–water partition coefficient (Wildman–Crippen LogP) is 2.78. The molecule has 0 fully saturated rings. The van der Waals surface area contributed by atoms with E-state index in [4.69, 9.17) is 0 Å². The van der Waals surface area contributed by atoms with E-state index in [0.717, 1.165) is 31.4 Å². The third kappa shape index (κ3) is 3.05. The topological polar surface area (TPSA) is 77.1 Å². The number of aromatic nitrogens is 5. The van der Waals surface area contributed by atoms with Crippen molar-refractivity contribution < 1.29 is 4.79 Å². The number of imidazole rings is 1. The van der Waals surface area contributed by atoms with Crippen LogP contribution < -0.4 is 5.32 Å². The summed E-state index contributed by atoms with van der Waals surface area (Å²) in [5.41, 5.74) is 3.91. The molecular formula is C21H20N6O. The molecule has 28 heavy (non-hydrogen) atoms. The van der Waals surface area contributed by atoms with Gasteiger partial charge in [0.15, 0.2) is 0 Å². The minimum atomic E-state index is -0.181. The molecule has 0 spiro atoms. The van der Waals surface area contributed by atoms with Crippen molar-refractivity contribution in [1.29, 1.82) is 0 Å². The van der Waals surface area contributed by atoms with Crippen molar-refractivity contribution in [2.24, 2.45) is 0 Å². The summed E-state index contributed by atoms with van der Waals surface area (Å²) < 4.78 is 3.80. The van der Waals surface area contributed by atoms with Gasteiger partial charge >= 0.3 is 0 Å². The number of rotatable bonds is 4. The molecular weight excluding hydrogens is 352 g/mol. The van der Waals surface area contributed by atoms with E-state index in [-0.39, 0.29) is 11.9 Å². The third-order valence-corrected chi connectivity index (χ3v) is 5.21. The van der Waals surface area contributed by atoms with Crippen LogP contribution in [0, 0.1) is 0 Å². The number of carbonyl (C=O) groups excluding carboxylic acids is 1. The van der Waals surface area contributed by atoms with Gasteiger partial charge in [-0.2, -0.15) is 5.10 Å². The third-order valence-electron chi connectivity index (χ3n) is 5.21. The zero-order valence-corrected chi connectivity index (χ0v) is 15.3. The summed E-state index contributed by atoms with van der Waals surface area (Å²) in [5.74, 6) is 0.340. The molecule has 0 saturated heterocycles. The van der Waals surface area contributed by atoms with Crippen molar-refractivity contribution >= 4 is 11.7 Å². The number of fused-ring (bicyclic) bond motifs is 2. The van der Waals surface area contributed by atoms with Gasteiger partial charge in [0.25, 0.3) is 5.91 Å². The fraction of sp³-hybridized carbons (Fsp3) is 0.238. The number of carbonyl (C=O) groups is 1. The first-order valence-corrected chi connectivity index (χ1v) is 9.47. The number of hydrogen-bond donors (Lipinski definition) is 1. The zero-order chi connectivity index (χ0) is 18.9. The molecule has 4 aromatic rings. The van der Waals surface area contributed by atoms with Gasteiger partial charge in [0.2, 0.25) is 5.78 Å². The van der Waals surface area contributed by atoms with E-state index in [1.54, 1.807) is 16.8 Å². The molecule has 140 valence electrons. The Labute approximate surface area is 162 Å². The number of nitrogens with one attached hydrogen (secondary N) is 1. The van der Waals surface area contributed by atoms with Crippen molar-refractivity contribution in [3.8, 4) is 0 Å². The smallest absolute Gasteiger partial charge is 0.272 e. The number of amides is 1. The van der Waals surface area contributed by atoms with E-state index in [1.165, 1.54) is 11.3 Å². The summed E-state index contributed by atoms with van der Waals surface area (Å²) in [6.45, 7) is 0.745. The van der Waals surface area contributed by atoms with Crippen LogP contribution in [0.25, 0.3) is 5.78 Å². The Hall–Kier alpha value is -3.48. The van der Waals surface area contributed by atoms with Gasteiger partial charge in [-0.1, -0.05) is 30.3 Å². The molecule has 1 aliphatic carbocycles. The van der Waals surface area contributed by atoms with E-state index >= 15 is 0 Å². The van der Waals surface area contributed by atoms with Crippen LogP contribution in [0.3, 0.4) is 0 Å². The lowest BCUT2D eigenvalue weighted by molar-refractivity contribution is 0.0928. The van der Waals surface area contributed by atoms with Crippen LogP contribution in [0.15, 0.2) is 61.2 Å². The second-order valence-corrected chi connectivity index (χ2v) is 7.06. The molecule has 1 amide bonds. The molecule has 1 aromatic carbocycles. The Balaban J connectivity index is 1.37. The minimum absolute atomic E-state index is 0.0430. The van der Waals surface area contributed by atoms with Crippen molar-refractivity contribution in [2.75, 3.05) is 0 Å². The summed E-state index contributed by atoms with van der Waals surface area (Å²) >= 11 is 0. The van der Waals surface area contributed by atoms with Crippen molar-refractivity contribution in [3.05, 3.63) is 83.7 Å². The van der Waals surface area contributed by atoms with Crippen LogP contribution in [0.4, 0.5) is 0 Å². The highest BCUT2D eigenvalue weighted by molar-refractivity contribution is 5.93. The highest BCUT2D eigenvalue weighted by Gasteiger charge is 2.26. The molecule has 1 N–H and O–H groups in total. The number of hydrogen-bond acceptors (Lipinski definition) is 4. The average molecular weight is 372 g/mol. The standard InChI is InChI=1S/C21H20N6O/c28-20(18-14-26-11-5-10-22-21(26)25-18)24-17-8-4-9-19-16(17)12-23-27(19)13-15-6-2-1-3-7-15/h1-3,5-7,10-12,14,17H,4,8-9,13H2,(H,24,28). The van der Waals surface area contributed by atoms with Gasteiger partial charge in [-0.25, -0.2) is 9.97 Å². The van der Waals surface area contributed by atoms with Gasteiger partial charge in [0.1, 0.15) is 5.69 Å². The molecule has 1 unspecified atom stereocenters. The van der Waals surface area contributed by atoms with Crippen LogP contribution in [0.1, 0.15) is 46.2 Å². The Bertz CT molecular complexity index is 1100. The van der Waals surface area contributed by atoms with Crippen LogP contribution >= 0.6 is 0 Å². The molecule has 0 bridgehead atoms. The predicted molar refractivity (Wildman–Crippen MR) is 104 cm³/mol. The van der Waals surface area contributed by atoms with Crippen LogP contribution in [-0.2, 0) is 13.0 Å². The first kappa shape index (κ1) is 16.7. The average Bonchev–Trinajstić information content (AvgIpc) is 3.34. The maximum absolute atomic E-state index is 12.7. The van der Waals surface area contributed by atoms with Gasteiger partial charge in [-0.15, -0.1) is 0 Å². The normalized spacial score (nSPS) is 16.1. The Morgan fingerprint density at radius 1 is 1.21 bits per heavy atom. The van der Waals surface area contributed by atoms with Gasteiger partial charge in [-0.3, -0.25) is 13.9 Å². The van der Waals surface area contributed by atoms with E-state index < -0.39 is 0 Å². The lowest BCUT2D eigenvalue weighted by atomic mass is 9.93. The second-order valence-electron chi connectivity index (χ2n) is 7.06. The van der Waals surface area contributed by atoms with Gasteiger partial charge in [0, 0.05) is 29.8 Å². The van der Waals surface area contributed by atoms with Gasteiger partial charge in [0.05, 0.1) is 18.8 Å². The second kappa shape index (κ2) is 6.92. The van der Waals surface area contributed by atoms with Crippen LogP contribution in [0.5, 0.6) is 0 Å². The molecule has 3 aromatic heterocycles. The Kier molecular flexibility index (Phi) is 4.12. The Morgan fingerprint density at radius 3 is 2.96 bits per heavy atom. The summed E-state index contributed by atoms with van der Waals surface area (Å²) in [6, 6.07) is 12.1. The largest absolute Gasteiger partial charge is 0.344 e. The minimum Gasteiger partial charge on any atom is -0.344 e. The molecule has 7 heteroatoms. The van der Waals surface area contributed by atoms with E-state index in [1.807, 2.05) is 36.7 Å².